The van der Waals surface area contributed by atoms with Crippen LogP contribution < -0.4 is 10.1 Å². The van der Waals surface area contributed by atoms with Gasteiger partial charge in [0, 0.05) is 18.7 Å². The molecule has 18 heavy (non-hydrogen) atoms. The van der Waals surface area contributed by atoms with E-state index in [0.717, 1.165) is 11.3 Å². The summed E-state index contributed by atoms with van der Waals surface area (Å²) < 4.78 is 5.05. The summed E-state index contributed by atoms with van der Waals surface area (Å²) in [5.41, 5.74) is 0.931. The summed E-state index contributed by atoms with van der Waals surface area (Å²) in [5.74, 6) is 0.625. The summed E-state index contributed by atoms with van der Waals surface area (Å²) in [6.45, 7) is 1.93. The highest BCUT2D eigenvalue weighted by atomic mass is 16.5. The summed E-state index contributed by atoms with van der Waals surface area (Å²) in [4.78, 5) is 11.5. The predicted octanol–water partition coefficient (Wildman–Crippen LogP) is 1.60. The number of aliphatic hydroxyl groups excluding tert-OH is 1. The van der Waals surface area contributed by atoms with Crippen LogP contribution in [0.4, 0.5) is 0 Å². The van der Waals surface area contributed by atoms with Crippen LogP contribution in [0.5, 0.6) is 5.75 Å². The molecule has 1 aromatic carbocycles. The van der Waals surface area contributed by atoms with Crippen molar-refractivity contribution in [2.75, 3.05) is 13.7 Å². The van der Waals surface area contributed by atoms with Crippen LogP contribution >= 0.6 is 0 Å². The first-order valence-corrected chi connectivity index (χ1v) is 5.89. The van der Waals surface area contributed by atoms with Crippen molar-refractivity contribution in [2.24, 2.45) is 0 Å². The Morgan fingerprint density at radius 1 is 1.44 bits per heavy atom. The standard InChI is InChI=1S/C14H19NO3/c1-11(9-10-16)15-14(17)8-5-12-3-6-13(18-2)7-4-12/h3-8,11,16H,9-10H2,1-2H3,(H,15,17)/b8-5+. The predicted molar refractivity (Wildman–Crippen MR) is 71.3 cm³/mol. The van der Waals surface area contributed by atoms with Crippen molar-refractivity contribution in [3.8, 4) is 5.75 Å². The lowest BCUT2D eigenvalue weighted by atomic mass is 10.2. The van der Waals surface area contributed by atoms with Crippen molar-refractivity contribution in [3.63, 3.8) is 0 Å². The molecule has 0 radical (unpaired) electrons. The van der Waals surface area contributed by atoms with Gasteiger partial charge in [0.05, 0.1) is 7.11 Å². The minimum Gasteiger partial charge on any atom is -0.497 e. The Balaban J connectivity index is 2.49. The number of amides is 1. The average Bonchev–Trinajstić information content (AvgIpc) is 2.37. The molecule has 4 heteroatoms. The Morgan fingerprint density at radius 3 is 2.67 bits per heavy atom. The number of benzene rings is 1. The first kappa shape index (κ1) is 14.3. The molecule has 0 aliphatic carbocycles. The lowest BCUT2D eigenvalue weighted by Gasteiger charge is -2.09. The number of hydrogen-bond donors (Lipinski definition) is 2. The van der Waals surface area contributed by atoms with Crippen LogP contribution in [0, 0.1) is 0 Å². The smallest absolute Gasteiger partial charge is 0.244 e. The molecule has 1 atom stereocenters. The molecule has 0 spiro atoms. The van der Waals surface area contributed by atoms with E-state index < -0.39 is 0 Å². The zero-order valence-electron chi connectivity index (χ0n) is 10.7. The summed E-state index contributed by atoms with van der Waals surface area (Å²) in [7, 11) is 1.61. The fourth-order valence-corrected chi connectivity index (χ4v) is 1.44. The maximum atomic E-state index is 11.5. The lowest BCUT2D eigenvalue weighted by Crippen LogP contribution is -2.31. The van der Waals surface area contributed by atoms with Gasteiger partial charge in [-0.2, -0.15) is 0 Å². The van der Waals surface area contributed by atoms with E-state index in [2.05, 4.69) is 5.32 Å². The van der Waals surface area contributed by atoms with Crippen LogP contribution in [0.3, 0.4) is 0 Å². The van der Waals surface area contributed by atoms with Gasteiger partial charge in [-0.15, -0.1) is 0 Å². The van der Waals surface area contributed by atoms with Gasteiger partial charge in [-0.25, -0.2) is 0 Å². The molecular formula is C14H19NO3. The van der Waals surface area contributed by atoms with Gasteiger partial charge in [-0.1, -0.05) is 12.1 Å². The van der Waals surface area contributed by atoms with E-state index in [1.807, 2.05) is 31.2 Å². The topological polar surface area (TPSA) is 58.6 Å². The molecule has 98 valence electrons. The van der Waals surface area contributed by atoms with Crippen LogP contribution in [0.1, 0.15) is 18.9 Å². The minimum absolute atomic E-state index is 0.0250. The van der Waals surface area contributed by atoms with Gasteiger partial charge in [0.1, 0.15) is 5.75 Å². The van der Waals surface area contributed by atoms with Crippen LogP contribution in [0.2, 0.25) is 0 Å². The zero-order chi connectivity index (χ0) is 13.4. The van der Waals surface area contributed by atoms with E-state index >= 15 is 0 Å². The highest BCUT2D eigenvalue weighted by Gasteiger charge is 2.02. The van der Waals surface area contributed by atoms with E-state index in [4.69, 9.17) is 9.84 Å². The number of methoxy groups -OCH3 is 1. The van der Waals surface area contributed by atoms with Gasteiger partial charge in [-0.05, 0) is 37.1 Å². The van der Waals surface area contributed by atoms with Gasteiger partial charge in [0.2, 0.25) is 5.91 Å². The number of carbonyl (C=O) groups is 1. The Hall–Kier alpha value is -1.81. The molecule has 1 unspecified atom stereocenters. The second-order valence-corrected chi connectivity index (χ2v) is 4.03. The number of ether oxygens (including phenoxy) is 1. The minimum atomic E-state index is -0.160. The number of aliphatic hydroxyl groups is 1. The molecule has 0 aliphatic heterocycles. The van der Waals surface area contributed by atoms with Crippen molar-refractivity contribution >= 4 is 12.0 Å². The summed E-state index contributed by atoms with van der Waals surface area (Å²) in [6.07, 6.45) is 3.78. The summed E-state index contributed by atoms with van der Waals surface area (Å²) >= 11 is 0. The van der Waals surface area contributed by atoms with E-state index in [1.165, 1.54) is 6.08 Å². The molecule has 4 nitrogen and oxygen atoms in total. The third kappa shape index (κ3) is 5.01. The van der Waals surface area contributed by atoms with E-state index in [9.17, 15) is 4.79 Å². The van der Waals surface area contributed by atoms with Crippen LogP contribution in [-0.2, 0) is 4.79 Å². The van der Waals surface area contributed by atoms with Crippen molar-refractivity contribution in [1.29, 1.82) is 0 Å². The van der Waals surface area contributed by atoms with Crippen molar-refractivity contribution < 1.29 is 14.6 Å². The van der Waals surface area contributed by atoms with Crippen molar-refractivity contribution in [3.05, 3.63) is 35.9 Å². The number of nitrogens with one attached hydrogen (secondary N) is 1. The average molecular weight is 249 g/mol. The monoisotopic (exact) mass is 249 g/mol. The molecule has 1 aromatic rings. The fraction of sp³-hybridized carbons (Fsp3) is 0.357. The SMILES string of the molecule is COc1ccc(/C=C/C(=O)NC(C)CCO)cc1. The zero-order valence-corrected chi connectivity index (χ0v) is 10.7. The largest absolute Gasteiger partial charge is 0.497 e. The van der Waals surface area contributed by atoms with Gasteiger partial charge in [0.25, 0.3) is 0 Å². The van der Waals surface area contributed by atoms with Crippen LogP contribution in [-0.4, -0.2) is 30.8 Å². The van der Waals surface area contributed by atoms with Gasteiger partial charge >= 0.3 is 0 Å². The highest BCUT2D eigenvalue weighted by molar-refractivity contribution is 5.91. The Bertz CT molecular complexity index is 398. The third-order valence-corrected chi connectivity index (χ3v) is 2.49. The Kier molecular flexibility index (Phi) is 5.94. The Labute approximate surface area is 107 Å². The molecule has 0 saturated heterocycles. The lowest BCUT2D eigenvalue weighted by molar-refractivity contribution is -0.117. The molecule has 0 saturated carbocycles. The molecular weight excluding hydrogens is 230 g/mol. The van der Waals surface area contributed by atoms with Crippen LogP contribution in [0.25, 0.3) is 6.08 Å². The fourth-order valence-electron chi connectivity index (χ4n) is 1.44. The maximum Gasteiger partial charge on any atom is 0.244 e. The van der Waals surface area contributed by atoms with E-state index in [-0.39, 0.29) is 18.6 Å². The number of hydrogen-bond acceptors (Lipinski definition) is 3. The number of rotatable bonds is 6. The van der Waals surface area contributed by atoms with E-state index in [0.29, 0.717) is 6.42 Å². The normalized spacial score (nSPS) is 12.4. The van der Waals surface area contributed by atoms with Gasteiger partial charge in [0.15, 0.2) is 0 Å². The molecule has 0 bridgehead atoms. The van der Waals surface area contributed by atoms with Crippen molar-refractivity contribution in [2.45, 2.75) is 19.4 Å². The highest BCUT2D eigenvalue weighted by Crippen LogP contribution is 2.12. The molecule has 1 amide bonds. The second-order valence-electron chi connectivity index (χ2n) is 4.03. The first-order chi connectivity index (χ1) is 8.65. The first-order valence-electron chi connectivity index (χ1n) is 5.89. The molecule has 0 aromatic heterocycles. The second kappa shape index (κ2) is 7.50. The number of carbonyl (C=O) groups excluding carboxylic acids is 1. The maximum absolute atomic E-state index is 11.5. The molecule has 2 N–H and O–H groups in total. The molecule has 0 heterocycles. The third-order valence-electron chi connectivity index (χ3n) is 2.49. The van der Waals surface area contributed by atoms with Crippen molar-refractivity contribution in [1.82, 2.24) is 5.32 Å². The Morgan fingerprint density at radius 2 is 2.11 bits per heavy atom. The van der Waals surface area contributed by atoms with Gasteiger partial charge in [-0.3, -0.25) is 4.79 Å². The molecule has 0 aliphatic rings. The quantitative estimate of drug-likeness (QED) is 0.753. The molecule has 1 rings (SSSR count). The molecule has 0 fully saturated rings. The summed E-state index contributed by atoms with van der Waals surface area (Å²) in [5, 5.41) is 11.5. The van der Waals surface area contributed by atoms with Gasteiger partial charge < -0.3 is 15.2 Å². The van der Waals surface area contributed by atoms with E-state index in [1.54, 1.807) is 13.2 Å². The van der Waals surface area contributed by atoms with Crippen LogP contribution in [0.15, 0.2) is 30.3 Å². The summed E-state index contributed by atoms with van der Waals surface area (Å²) in [6, 6.07) is 7.40.